The van der Waals surface area contributed by atoms with Gasteiger partial charge in [-0.05, 0) is 94.2 Å². The molecule has 0 radical (unpaired) electrons. The van der Waals surface area contributed by atoms with Gasteiger partial charge in [-0.2, -0.15) is 10.2 Å². The van der Waals surface area contributed by atoms with Crippen LogP contribution >= 0.6 is 0 Å². The average Bonchev–Trinajstić information content (AvgIpc) is 3.59. The first kappa shape index (κ1) is 38.1. The Balaban J connectivity index is 1.20. The normalized spacial score (nSPS) is 21.2. The number of likely N-dealkylation sites (N-methyl/N-ethyl adjacent to an activating group) is 1. The molecule has 3 N–H and O–H groups in total. The second kappa shape index (κ2) is 16.6. The van der Waals surface area contributed by atoms with Gasteiger partial charge in [0.15, 0.2) is 0 Å². The van der Waals surface area contributed by atoms with Crippen molar-refractivity contribution in [3.63, 3.8) is 0 Å². The molecule has 2 saturated carbocycles. The number of hydrogen-bond donors (Lipinski definition) is 3. The number of nitrogens with zero attached hydrogens (tertiary/aromatic N) is 6. The van der Waals surface area contributed by atoms with Gasteiger partial charge < -0.3 is 25.8 Å². The molecule has 1 aromatic carbocycles. The summed E-state index contributed by atoms with van der Waals surface area (Å²) in [5, 5.41) is 17.3. The minimum absolute atomic E-state index is 0.0310. The molecule has 0 unspecified atom stereocenters. The lowest BCUT2D eigenvalue weighted by molar-refractivity contribution is -0.135. The lowest BCUT2D eigenvalue weighted by atomic mass is 9.79. The minimum atomic E-state index is -0.970. The van der Waals surface area contributed by atoms with Gasteiger partial charge in [0.25, 0.3) is 11.8 Å². The lowest BCUT2D eigenvalue weighted by Crippen LogP contribution is -2.55. The zero-order valence-electron chi connectivity index (χ0n) is 31.6. The van der Waals surface area contributed by atoms with E-state index in [4.69, 9.17) is 0 Å². The van der Waals surface area contributed by atoms with Crippen LogP contribution in [0.5, 0.6) is 0 Å². The van der Waals surface area contributed by atoms with E-state index in [-0.39, 0.29) is 23.6 Å². The van der Waals surface area contributed by atoms with Crippen molar-refractivity contribution in [2.45, 2.75) is 96.8 Å². The second-order valence-corrected chi connectivity index (χ2v) is 15.7. The molecular formula is C39H54FN9O4. The van der Waals surface area contributed by atoms with E-state index >= 15 is 4.39 Å². The van der Waals surface area contributed by atoms with Crippen LogP contribution in [0.2, 0.25) is 0 Å². The quantitative estimate of drug-likeness (QED) is 0.236. The topological polar surface area (TPSA) is 146 Å². The Labute approximate surface area is 311 Å². The number of aromatic nitrogens is 4. The Morgan fingerprint density at radius 1 is 0.849 bits per heavy atom. The van der Waals surface area contributed by atoms with E-state index in [1.165, 1.54) is 12.1 Å². The van der Waals surface area contributed by atoms with Gasteiger partial charge in [-0.25, -0.2) is 4.39 Å². The molecule has 14 heteroatoms. The fourth-order valence-corrected chi connectivity index (χ4v) is 7.51. The summed E-state index contributed by atoms with van der Waals surface area (Å²) < 4.78 is 19.3. The Bertz CT molecular complexity index is 1770. The molecule has 2 aliphatic carbocycles. The maximum Gasteiger partial charge on any atom is 0.270 e. The summed E-state index contributed by atoms with van der Waals surface area (Å²) in [6, 6.07) is 5.85. The van der Waals surface area contributed by atoms with E-state index in [0.29, 0.717) is 61.5 Å². The molecule has 3 aromatic rings. The van der Waals surface area contributed by atoms with Gasteiger partial charge in [-0.3, -0.25) is 28.5 Å². The molecule has 3 aliphatic rings. The van der Waals surface area contributed by atoms with E-state index in [9.17, 15) is 19.2 Å². The minimum Gasteiger partial charge on any atom is -0.339 e. The third-order valence-electron chi connectivity index (χ3n) is 11.2. The SMILES string of the molecule is CC1CCC([C@H](NC(=O)c2ccnn2C(C)C)C(=O)Nc2ccc([C@H](C)[C@@H](NC(=O)c3ccnn3CC3CC3)C(=O)N3CCN(C)CC3)cc2F)CC1. The number of anilines is 1. The van der Waals surface area contributed by atoms with E-state index in [2.05, 4.69) is 38.0 Å². The van der Waals surface area contributed by atoms with Gasteiger partial charge in [0.1, 0.15) is 29.3 Å². The van der Waals surface area contributed by atoms with Crippen molar-refractivity contribution in [1.82, 2.24) is 40.0 Å². The summed E-state index contributed by atoms with van der Waals surface area (Å²) in [6.45, 7) is 10.9. The van der Waals surface area contributed by atoms with Gasteiger partial charge in [-0.1, -0.05) is 32.8 Å². The summed E-state index contributed by atoms with van der Waals surface area (Å²) in [6.07, 6.45) is 8.74. The van der Waals surface area contributed by atoms with Crippen molar-refractivity contribution in [2.24, 2.45) is 17.8 Å². The predicted octanol–water partition coefficient (Wildman–Crippen LogP) is 4.45. The first-order chi connectivity index (χ1) is 25.4. The fourth-order valence-electron chi connectivity index (χ4n) is 7.51. The van der Waals surface area contributed by atoms with E-state index < -0.39 is 41.5 Å². The highest BCUT2D eigenvalue weighted by Gasteiger charge is 2.36. The molecule has 3 atom stereocenters. The zero-order chi connectivity index (χ0) is 37.8. The molecule has 3 fully saturated rings. The van der Waals surface area contributed by atoms with Crippen molar-refractivity contribution < 1.29 is 23.6 Å². The van der Waals surface area contributed by atoms with Crippen molar-refractivity contribution in [2.75, 3.05) is 38.5 Å². The molecule has 3 heterocycles. The van der Waals surface area contributed by atoms with Crippen LogP contribution in [0.1, 0.15) is 105 Å². The Kier molecular flexibility index (Phi) is 12.0. The summed E-state index contributed by atoms with van der Waals surface area (Å²) in [5.74, 6) is -1.91. The van der Waals surface area contributed by atoms with Crippen LogP contribution in [0.4, 0.5) is 10.1 Å². The van der Waals surface area contributed by atoms with Gasteiger partial charge >= 0.3 is 0 Å². The molecule has 53 heavy (non-hydrogen) atoms. The van der Waals surface area contributed by atoms with Crippen LogP contribution < -0.4 is 16.0 Å². The number of carbonyl (C=O) groups is 4. The van der Waals surface area contributed by atoms with Crippen molar-refractivity contribution in [1.29, 1.82) is 0 Å². The number of hydrogen-bond acceptors (Lipinski definition) is 7. The highest BCUT2D eigenvalue weighted by Crippen LogP contribution is 2.33. The summed E-state index contributed by atoms with van der Waals surface area (Å²) in [4.78, 5) is 59.0. The summed E-state index contributed by atoms with van der Waals surface area (Å²) >= 11 is 0. The second-order valence-electron chi connectivity index (χ2n) is 15.7. The molecule has 0 spiro atoms. The number of rotatable bonds is 13. The first-order valence-corrected chi connectivity index (χ1v) is 19.1. The average molecular weight is 732 g/mol. The number of nitrogens with one attached hydrogen (secondary N) is 3. The Morgan fingerprint density at radius 3 is 2.17 bits per heavy atom. The highest BCUT2D eigenvalue weighted by molar-refractivity contribution is 6.01. The van der Waals surface area contributed by atoms with Crippen LogP contribution in [-0.2, 0) is 16.1 Å². The molecule has 13 nitrogen and oxygen atoms in total. The molecule has 2 aromatic heterocycles. The van der Waals surface area contributed by atoms with Crippen LogP contribution in [0.25, 0.3) is 0 Å². The van der Waals surface area contributed by atoms with Gasteiger partial charge in [0, 0.05) is 57.1 Å². The van der Waals surface area contributed by atoms with Crippen LogP contribution in [-0.4, -0.2) is 98.3 Å². The number of amides is 4. The summed E-state index contributed by atoms with van der Waals surface area (Å²) in [5.41, 5.74) is 1.20. The number of halogens is 1. The molecule has 0 bridgehead atoms. The van der Waals surface area contributed by atoms with Crippen molar-refractivity contribution >= 4 is 29.3 Å². The number of carbonyl (C=O) groups excluding carboxylic acids is 4. The molecular weight excluding hydrogens is 677 g/mol. The molecule has 6 rings (SSSR count). The highest BCUT2D eigenvalue weighted by atomic mass is 19.1. The number of piperazine rings is 1. The molecule has 1 saturated heterocycles. The Hall–Kier alpha value is -4.59. The van der Waals surface area contributed by atoms with Gasteiger partial charge in [0.2, 0.25) is 11.8 Å². The van der Waals surface area contributed by atoms with Crippen LogP contribution in [0, 0.1) is 23.6 Å². The molecule has 1 aliphatic heterocycles. The largest absolute Gasteiger partial charge is 0.339 e. The fraction of sp³-hybridized carbons (Fsp3) is 0.590. The van der Waals surface area contributed by atoms with E-state index in [0.717, 1.165) is 38.5 Å². The molecule has 286 valence electrons. The zero-order valence-corrected chi connectivity index (χ0v) is 31.6. The maximum atomic E-state index is 16.0. The van der Waals surface area contributed by atoms with E-state index in [1.807, 2.05) is 20.9 Å². The first-order valence-electron chi connectivity index (χ1n) is 19.1. The maximum absolute atomic E-state index is 16.0. The van der Waals surface area contributed by atoms with Crippen molar-refractivity contribution in [3.8, 4) is 0 Å². The van der Waals surface area contributed by atoms with Crippen LogP contribution in [0.3, 0.4) is 0 Å². The van der Waals surface area contributed by atoms with E-state index in [1.54, 1.807) is 51.8 Å². The number of benzene rings is 1. The smallest absolute Gasteiger partial charge is 0.270 e. The van der Waals surface area contributed by atoms with Gasteiger partial charge in [0.05, 0.1) is 5.69 Å². The third kappa shape index (κ3) is 9.14. The van der Waals surface area contributed by atoms with Gasteiger partial charge in [-0.15, -0.1) is 0 Å². The van der Waals surface area contributed by atoms with Crippen LogP contribution in [0.15, 0.2) is 42.7 Å². The van der Waals surface area contributed by atoms with Crippen molar-refractivity contribution in [3.05, 3.63) is 65.5 Å². The summed E-state index contributed by atoms with van der Waals surface area (Å²) in [7, 11) is 2.00. The lowest BCUT2D eigenvalue weighted by Gasteiger charge is -2.36. The standard InChI is InChI=1S/C39H54FN9O4/c1-24(2)49-33(15-17-42-49)37(51)45-35(28-10-6-25(3)7-11-28)38(52)43-31-13-12-29(22-30(31)40)26(4)34(39(53)47-20-18-46(5)19-21-47)44-36(50)32-14-16-41-48(32)23-27-8-9-27/h12-17,22,24-28,34-35H,6-11,18-21,23H2,1-5H3,(H,43,52)(H,44,50)(H,45,51)/t25?,26-,28?,34+,35-/m0/s1. The molecule has 4 amide bonds. The monoisotopic (exact) mass is 731 g/mol. The predicted molar refractivity (Wildman–Crippen MR) is 199 cm³/mol. The Morgan fingerprint density at radius 2 is 1.51 bits per heavy atom. The third-order valence-corrected chi connectivity index (χ3v) is 11.2.